The Balaban J connectivity index is 2.32. The first-order valence-electron chi connectivity index (χ1n) is 5.16. The molecule has 0 radical (unpaired) electrons. The third kappa shape index (κ3) is 3.12. The van der Waals surface area contributed by atoms with Crippen LogP contribution in [0.25, 0.3) is 0 Å². The molecule has 8 heteroatoms. The Morgan fingerprint density at radius 1 is 1.26 bits per heavy atom. The van der Waals surface area contributed by atoms with Crippen LogP contribution in [0.1, 0.15) is 0 Å². The van der Waals surface area contributed by atoms with Gasteiger partial charge in [0.25, 0.3) is 10.0 Å². The van der Waals surface area contributed by atoms with E-state index in [0.717, 1.165) is 0 Å². The number of hydrogen-bond donors (Lipinski definition) is 1. The van der Waals surface area contributed by atoms with Crippen molar-refractivity contribution in [3.63, 3.8) is 0 Å². The maximum atomic E-state index is 12.1. The zero-order valence-corrected chi connectivity index (χ0v) is 11.4. The van der Waals surface area contributed by atoms with Crippen LogP contribution in [0.2, 0.25) is 5.02 Å². The average Bonchev–Trinajstić information content (AvgIpc) is 2.39. The summed E-state index contributed by atoms with van der Waals surface area (Å²) >= 11 is 5.89. The van der Waals surface area contributed by atoms with E-state index in [9.17, 15) is 8.42 Å². The molecular weight excluding hydrogens is 290 g/mol. The maximum absolute atomic E-state index is 12.1. The molecule has 0 saturated heterocycles. The largest absolute Gasteiger partial charge is 0.495 e. The lowest BCUT2D eigenvalue weighted by Gasteiger charge is -2.08. The van der Waals surface area contributed by atoms with Crippen LogP contribution < -0.4 is 9.46 Å². The fourth-order valence-electron chi connectivity index (χ4n) is 1.35. The Bertz CT molecular complexity index is 677. The lowest BCUT2D eigenvalue weighted by atomic mass is 10.3. The summed E-state index contributed by atoms with van der Waals surface area (Å²) < 4.78 is 31.3. The molecule has 0 atom stereocenters. The van der Waals surface area contributed by atoms with Crippen molar-refractivity contribution in [1.29, 1.82) is 0 Å². The molecular formula is C11H10ClN3O3S. The van der Waals surface area contributed by atoms with Crippen LogP contribution in [-0.4, -0.2) is 25.5 Å². The fraction of sp³-hybridized carbons (Fsp3) is 0.0909. The first-order valence-corrected chi connectivity index (χ1v) is 7.02. The van der Waals surface area contributed by atoms with E-state index in [1.807, 2.05) is 0 Å². The van der Waals surface area contributed by atoms with E-state index in [2.05, 4.69) is 14.7 Å². The average molecular weight is 300 g/mol. The van der Waals surface area contributed by atoms with Crippen LogP contribution in [0, 0.1) is 0 Å². The van der Waals surface area contributed by atoms with Crippen molar-refractivity contribution in [3.8, 4) is 5.75 Å². The molecule has 1 N–H and O–H groups in total. The minimum atomic E-state index is -3.78. The second-order valence-electron chi connectivity index (χ2n) is 3.47. The number of rotatable bonds is 4. The quantitative estimate of drug-likeness (QED) is 0.933. The summed E-state index contributed by atoms with van der Waals surface area (Å²) in [5.74, 6) is 0.394. The molecule has 0 spiro atoms. The number of sulfonamides is 1. The predicted molar refractivity (Wildman–Crippen MR) is 70.8 cm³/mol. The Kier molecular flexibility index (Phi) is 3.87. The van der Waals surface area contributed by atoms with Gasteiger partial charge in [-0.15, -0.1) is 0 Å². The molecule has 1 aromatic heterocycles. The summed E-state index contributed by atoms with van der Waals surface area (Å²) in [5, 5.41) is 0.208. The van der Waals surface area contributed by atoms with Crippen LogP contribution >= 0.6 is 11.6 Å². The highest BCUT2D eigenvalue weighted by atomic mass is 35.5. The summed E-state index contributed by atoms with van der Waals surface area (Å²) in [7, 11) is -2.33. The van der Waals surface area contributed by atoms with Crippen LogP contribution in [0.3, 0.4) is 0 Å². The Morgan fingerprint density at radius 3 is 2.53 bits per heavy atom. The highest BCUT2D eigenvalue weighted by Crippen LogP contribution is 2.27. The van der Waals surface area contributed by atoms with Crippen molar-refractivity contribution in [2.45, 2.75) is 4.90 Å². The van der Waals surface area contributed by atoms with Gasteiger partial charge in [0, 0.05) is 12.4 Å². The molecule has 19 heavy (non-hydrogen) atoms. The molecule has 0 bridgehead atoms. The Hall–Kier alpha value is -1.86. The van der Waals surface area contributed by atoms with Crippen LogP contribution in [0.4, 0.5) is 5.95 Å². The summed E-state index contributed by atoms with van der Waals surface area (Å²) in [5.41, 5.74) is 0. The number of anilines is 1. The molecule has 0 fully saturated rings. The lowest BCUT2D eigenvalue weighted by molar-refractivity contribution is 0.414. The first-order chi connectivity index (χ1) is 9.03. The molecule has 1 aromatic carbocycles. The minimum Gasteiger partial charge on any atom is -0.495 e. The van der Waals surface area contributed by atoms with Gasteiger partial charge >= 0.3 is 0 Å². The van der Waals surface area contributed by atoms with Gasteiger partial charge in [0.2, 0.25) is 5.95 Å². The molecule has 2 rings (SSSR count). The number of hydrogen-bond acceptors (Lipinski definition) is 5. The third-order valence-corrected chi connectivity index (χ3v) is 3.85. The number of methoxy groups -OCH3 is 1. The second-order valence-corrected chi connectivity index (χ2v) is 5.56. The Labute approximate surface area is 115 Å². The second kappa shape index (κ2) is 5.41. The zero-order valence-electron chi connectivity index (χ0n) is 9.87. The molecule has 2 aromatic rings. The van der Waals surface area contributed by atoms with Gasteiger partial charge in [-0.1, -0.05) is 11.6 Å². The molecule has 6 nitrogen and oxygen atoms in total. The fourth-order valence-corrected chi connectivity index (χ4v) is 2.65. The molecule has 0 saturated carbocycles. The maximum Gasteiger partial charge on any atom is 0.264 e. The number of aromatic nitrogens is 2. The normalized spacial score (nSPS) is 11.1. The van der Waals surface area contributed by atoms with E-state index in [0.29, 0.717) is 5.75 Å². The van der Waals surface area contributed by atoms with Crippen molar-refractivity contribution < 1.29 is 13.2 Å². The van der Waals surface area contributed by atoms with E-state index in [4.69, 9.17) is 16.3 Å². The van der Waals surface area contributed by atoms with E-state index in [-0.39, 0.29) is 15.9 Å². The smallest absolute Gasteiger partial charge is 0.264 e. The third-order valence-electron chi connectivity index (χ3n) is 2.22. The molecule has 0 aliphatic carbocycles. The standard InChI is InChI=1S/C11H10ClN3O3S/c1-18-10-4-3-8(7-9(10)12)19(16,17)15-11-13-5-2-6-14-11/h2-7H,1H3,(H,13,14,15). The zero-order chi connectivity index (χ0) is 13.9. The van der Waals surface area contributed by atoms with Gasteiger partial charge in [-0.25, -0.2) is 23.1 Å². The van der Waals surface area contributed by atoms with Gasteiger partial charge < -0.3 is 4.74 Å². The van der Waals surface area contributed by atoms with Gasteiger partial charge in [0.1, 0.15) is 5.75 Å². The summed E-state index contributed by atoms with van der Waals surface area (Å²) in [6.45, 7) is 0. The van der Waals surface area contributed by atoms with Crippen LogP contribution in [0.15, 0.2) is 41.6 Å². The molecule has 0 aliphatic heterocycles. The molecule has 0 amide bonds. The Morgan fingerprint density at radius 2 is 1.95 bits per heavy atom. The summed E-state index contributed by atoms with van der Waals surface area (Å²) in [6.07, 6.45) is 2.87. The van der Waals surface area contributed by atoms with E-state index < -0.39 is 10.0 Å². The number of benzene rings is 1. The van der Waals surface area contributed by atoms with Gasteiger partial charge in [0.05, 0.1) is 17.0 Å². The van der Waals surface area contributed by atoms with E-state index >= 15 is 0 Å². The molecule has 100 valence electrons. The van der Waals surface area contributed by atoms with Crippen LogP contribution in [0.5, 0.6) is 5.75 Å². The van der Waals surface area contributed by atoms with Crippen molar-refractivity contribution in [2.75, 3.05) is 11.8 Å². The van der Waals surface area contributed by atoms with Gasteiger partial charge in [-0.2, -0.15) is 0 Å². The summed E-state index contributed by atoms with van der Waals surface area (Å²) in [6, 6.07) is 5.74. The van der Waals surface area contributed by atoms with E-state index in [1.165, 1.54) is 37.7 Å². The van der Waals surface area contributed by atoms with Crippen molar-refractivity contribution in [3.05, 3.63) is 41.7 Å². The molecule has 1 heterocycles. The molecule has 0 unspecified atom stereocenters. The summed E-state index contributed by atoms with van der Waals surface area (Å²) in [4.78, 5) is 7.58. The first kappa shape index (κ1) is 13.6. The van der Waals surface area contributed by atoms with Crippen LogP contribution in [-0.2, 0) is 10.0 Å². The lowest BCUT2D eigenvalue weighted by Crippen LogP contribution is -2.14. The number of halogens is 1. The van der Waals surface area contributed by atoms with Crippen molar-refractivity contribution in [1.82, 2.24) is 9.97 Å². The number of nitrogens with one attached hydrogen (secondary N) is 1. The number of ether oxygens (including phenoxy) is 1. The molecule has 0 aliphatic rings. The minimum absolute atomic E-state index is 0.00515. The van der Waals surface area contributed by atoms with Gasteiger partial charge in [-0.3, -0.25) is 0 Å². The SMILES string of the molecule is COc1ccc(S(=O)(=O)Nc2ncccn2)cc1Cl. The van der Waals surface area contributed by atoms with Crippen molar-refractivity contribution >= 4 is 27.6 Å². The topological polar surface area (TPSA) is 81.2 Å². The highest BCUT2D eigenvalue weighted by Gasteiger charge is 2.17. The van der Waals surface area contributed by atoms with E-state index in [1.54, 1.807) is 6.07 Å². The number of nitrogens with zero attached hydrogens (tertiary/aromatic N) is 2. The van der Waals surface area contributed by atoms with Crippen molar-refractivity contribution in [2.24, 2.45) is 0 Å². The highest BCUT2D eigenvalue weighted by molar-refractivity contribution is 7.92. The van der Waals surface area contributed by atoms with Gasteiger partial charge in [-0.05, 0) is 24.3 Å². The predicted octanol–water partition coefficient (Wildman–Crippen LogP) is 1.94. The monoisotopic (exact) mass is 299 g/mol. The van der Waals surface area contributed by atoms with Gasteiger partial charge in [0.15, 0.2) is 0 Å².